The highest BCUT2D eigenvalue weighted by Gasteiger charge is 2.10. The second-order valence-electron chi connectivity index (χ2n) is 6.14. The molecule has 2 N–H and O–H groups in total. The lowest BCUT2D eigenvalue weighted by atomic mass is 10.1. The minimum absolute atomic E-state index is 0.112. The highest BCUT2D eigenvalue weighted by molar-refractivity contribution is 7.92. The molecule has 0 atom stereocenters. The van der Waals surface area contributed by atoms with Crippen molar-refractivity contribution in [2.24, 2.45) is 0 Å². The Kier molecular flexibility index (Phi) is 9.20. The van der Waals surface area contributed by atoms with Gasteiger partial charge in [0.05, 0.1) is 6.26 Å². The van der Waals surface area contributed by atoms with Crippen LogP contribution in [0.2, 0.25) is 0 Å². The van der Waals surface area contributed by atoms with E-state index in [2.05, 4.69) is 17.0 Å². The molecular formula is C18H28N2O4S. The molecule has 1 amide bonds. The number of nitrogens with one attached hydrogen (secondary N) is 2. The molecule has 1 aromatic rings. The first-order valence-corrected chi connectivity index (χ1v) is 10.6. The first-order chi connectivity index (χ1) is 11.8. The van der Waals surface area contributed by atoms with Crippen molar-refractivity contribution >= 4 is 27.4 Å². The largest absolute Gasteiger partial charge is 0.356 e. The second kappa shape index (κ2) is 10.9. The summed E-state index contributed by atoms with van der Waals surface area (Å²) in [5.74, 6) is -0.247. The van der Waals surface area contributed by atoms with Crippen LogP contribution >= 0.6 is 0 Å². The fourth-order valence-corrected chi connectivity index (χ4v) is 2.92. The Morgan fingerprint density at radius 2 is 1.60 bits per heavy atom. The maximum Gasteiger partial charge on any atom is 0.229 e. The standard InChI is InChI=1S/C18H28N2O4S/c1-3-4-5-6-7-14-19-18(22)13-12-17(21)15-8-10-16(11-9-15)20-25(2,23)24/h8-11,20H,3-7,12-14H2,1-2H3,(H,19,22). The van der Waals surface area contributed by atoms with Crippen LogP contribution in [0.1, 0.15) is 62.2 Å². The highest BCUT2D eigenvalue weighted by Crippen LogP contribution is 2.13. The predicted molar refractivity (Wildman–Crippen MR) is 100 cm³/mol. The molecule has 0 aliphatic carbocycles. The van der Waals surface area contributed by atoms with E-state index in [4.69, 9.17) is 0 Å². The van der Waals surface area contributed by atoms with Gasteiger partial charge < -0.3 is 5.32 Å². The molecule has 0 aromatic heterocycles. The summed E-state index contributed by atoms with van der Waals surface area (Å²) < 4.78 is 24.6. The fraction of sp³-hybridized carbons (Fsp3) is 0.556. The van der Waals surface area contributed by atoms with Crippen LogP contribution in [0.25, 0.3) is 0 Å². The van der Waals surface area contributed by atoms with Crippen molar-refractivity contribution in [3.05, 3.63) is 29.8 Å². The number of rotatable bonds is 12. The van der Waals surface area contributed by atoms with E-state index in [1.165, 1.54) is 31.4 Å². The van der Waals surface area contributed by atoms with Crippen molar-refractivity contribution in [2.75, 3.05) is 17.5 Å². The summed E-state index contributed by atoms with van der Waals surface area (Å²) in [6.07, 6.45) is 7.05. The van der Waals surface area contributed by atoms with Gasteiger partial charge in [0.1, 0.15) is 0 Å². The van der Waals surface area contributed by atoms with E-state index in [-0.39, 0.29) is 24.5 Å². The maximum absolute atomic E-state index is 12.1. The molecule has 0 spiro atoms. The van der Waals surface area contributed by atoms with E-state index in [9.17, 15) is 18.0 Å². The molecule has 0 fully saturated rings. The molecule has 7 heteroatoms. The van der Waals surface area contributed by atoms with Gasteiger partial charge in [-0.15, -0.1) is 0 Å². The molecule has 0 heterocycles. The van der Waals surface area contributed by atoms with E-state index in [0.29, 0.717) is 17.8 Å². The number of amides is 1. The summed E-state index contributed by atoms with van der Waals surface area (Å²) in [5.41, 5.74) is 0.867. The van der Waals surface area contributed by atoms with Crippen molar-refractivity contribution in [1.82, 2.24) is 5.32 Å². The lowest BCUT2D eigenvalue weighted by molar-refractivity contribution is -0.121. The lowest BCUT2D eigenvalue weighted by Crippen LogP contribution is -2.24. The molecule has 25 heavy (non-hydrogen) atoms. The van der Waals surface area contributed by atoms with Crippen molar-refractivity contribution in [2.45, 2.75) is 51.9 Å². The van der Waals surface area contributed by atoms with Crippen molar-refractivity contribution in [1.29, 1.82) is 0 Å². The molecule has 140 valence electrons. The first kappa shape index (κ1) is 21.2. The minimum Gasteiger partial charge on any atom is -0.356 e. The Morgan fingerprint density at radius 3 is 2.20 bits per heavy atom. The van der Waals surface area contributed by atoms with E-state index < -0.39 is 10.0 Å². The molecule has 0 unspecified atom stereocenters. The van der Waals surface area contributed by atoms with Gasteiger partial charge in [-0.2, -0.15) is 0 Å². The van der Waals surface area contributed by atoms with Crippen LogP contribution in [0.15, 0.2) is 24.3 Å². The second-order valence-corrected chi connectivity index (χ2v) is 7.89. The third-order valence-corrected chi connectivity index (χ3v) is 4.30. The van der Waals surface area contributed by atoms with Crippen molar-refractivity contribution in [3.8, 4) is 0 Å². The Bertz CT molecular complexity index is 654. The molecule has 0 saturated heterocycles. The molecular weight excluding hydrogens is 340 g/mol. The number of hydrogen-bond acceptors (Lipinski definition) is 4. The topological polar surface area (TPSA) is 92.3 Å². The van der Waals surface area contributed by atoms with Crippen molar-refractivity contribution < 1.29 is 18.0 Å². The molecule has 1 rings (SSSR count). The zero-order chi connectivity index (χ0) is 18.7. The predicted octanol–water partition coefficient (Wildman–Crippen LogP) is 3.11. The number of carbonyl (C=O) groups is 2. The summed E-state index contributed by atoms with van der Waals surface area (Å²) in [4.78, 5) is 23.8. The number of ketones is 1. The van der Waals surface area contributed by atoms with Crippen LogP contribution < -0.4 is 10.0 Å². The summed E-state index contributed by atoms with van der Waals surface area (Å²) in [6.45, 7) is 2.82. The highest BCUT2D eigenvalue weighted by atomic mass is 32.2. The van der Waals surface area contributed by atoms with E-state index in [1.54, 1.807) is 12.1 Å². The Morgan fingerprint density at radius 1 is 0.960 bits per heavy atom. The van der Waals surface area contributed by atoms with Crippen LogP contribution in [0.5, 0.6) is 0 Å². The molecule has 0 saturated carbocycles. The zero-order valence-electron chi connectivity index (χ0n) is 15.0. The number of anilines is 1. The Balaban J connectivity index is 2.30. The lowest BCUT2D eigenvalue weighted by Gasteiger charge is -2.06. The number of sulfonamides is 1. The number of unbranched alkanes of at least 4 members (excludes halogenated alkanes) is 4. The molecule has 1 aromatic carbocycles. The van der Waals surface area contributed by atoms with Gasteiger partial charge in [0.2, 0.25) is 15.9 Å². The third kappa shape index (κ3) is 9.86. The average molecular weight is 368 g/mol. The van der Waals surface area contributed by atoms with E-state index in [0.717, 1.165) is 19.1 Å². The number of Topliss-reactive ketones (excluding diaryl/α,β-unsaturated/α-hetero) is 1. The molecule has 0 radical (unpaired) electrons. The smallest absolute Gasteiger partial charge is 0.229 e. The van der Waals surface area contributed by atoms with Gasteiger partial charge in [-0.25, -0.2) is 8.42 Å². The van der Waals surface area contributed by atoms with Gasteiger partial charge >= 0.3 is 0 Å². The molecule has 6 nitrogen and oxygen atoms in total. The van der Waals surface area contributed by atoms with Crippen LogP contribution in [0.4, 0.5) is 5.69 Å². The van der Waals surface area contributed by atoms with Gasteiger partial charge in [0.15, 0.2) is 5.78 Å². The van der Waals surface area contributed by atoms with Gasteiger partial charge in [0.25, 0.3) is 0 Å². The van der Waals surface area contributed by atoms with Gasteiger partial charge in [-0.05, 0) is 30.7 Å². The van der Waals surface area contributed by atoms with Crippen LogP contribution in [0, 0.1) is 0 Å². The number of hydrogen-bond donors (Lipinski definition) is 2. The van der Waals surface area contributed by atoms with E-state index in [1.807, 2.05) is 0 Å². The first-order valence-electron chi connectivity index (χ1n) is 8.69. The van der Waals surface area contributed by atoms with Gasteiger partial charge in [-0.3, -0.25) is 14.3 Å². The minimum atomic E-state index is -3.34. The van der Waals surface area contributed by atoms with Crippen LogP contribution in [-0.4, -0.2) is 32.9 Å². The summed E-state index contributed by atoms with van der Waals surface area (Å²) in [6, 6.07) is 6.18. The third-order valence-electron chi connectivity index (χ3n) is 3.69. The normalized spacial score (nSPS) is 11.1. The van der Waals surface area contributed by atoms with Crippen molar-refractivity contribution in [3.63, 3.8) is 0 Å². The molecule has 0 aliphatic rings. The molecule has 0 bridgehead atoms. The molecule has 0 aliphatic heterocycles. The van der Waals surface area contributed by atoms with Gasteiger partial charge in [-0.1, -0.05) is 32.6 Å². The average Bonchev–Trinajstić information content (AvgIpc) is 2.55. The zero-order valence-corrected chi connectivity index (χ0v) is 15.8. The Hall–Kier alpha value is -1.89. The van der Waals surface area contributed by atoms with E-state index >= 15 is 0 Å². The summed E-state index contributed by atoms with van der Waals surface area (Å²) in [5, 5.41) is 2.83. The van der Waals surface area contributed by atoms with Crippen LogP contribution in [0.3, 0.4) is 0 Å². The number of carbonyl (C=O) groups excluding carboxylic acids is 2. The SMILES string of the molecule is CCCCCCCNC(=O)CCC(=O)c1ccc(NS(C)(=O)=O)cc1. The maximum atomic E-state index is 12.1. The summed E-state index contributed by atoms with van der Waals surface area (Å²) in [7, 11) is -3.34. The summed E-state index contributed by atoms with van der Waals surface area (Å²) >= 11 is 0. The monoisotopic (exact) mass is 368 g/mol. The Labute approximate surface area is 150 Å². The van der Waals surface area contributed by atoms with Gasteiger partial charge in [0, 0.05) is 30.6 Å². The number of benzene rings is 1. The quantitative estimate of drug-likeness (QED) is 0.438. The van der Waals surface area contributed by atoms with Crippen LogP contribution in [-0.2, 0) is 14.8 Å². The fourth-order valence-electron chi connectivity index (χ4n) is 2.35.